The molecule has 4 rings (SSSR count). The number of methoxy groups -OCH3 is 2. The molecule has 2 amide bonds. The highest BCUT2D eigenvalue weighted by Gasteiger charge is 2.23. The second-order valence-electron chi connectivity index (χ2n) is 9.09. The number of carbonyl (C=O) groups is 1. The number of piperidine rings is 1. The summed E-state index contributed by atoms with van der Waals surface area (Å²) in [5.74, 6) is 2.39. The lowest BCUT2D eigenvalue weighted by molar-refractivity contribution is 0.114. The van der Waals surface area contributed by atoms with Crippen LogP contribution in [0.4, 0.5) is 33.5 Å². The van der Waals surface area contributed by atoms with Gasteiger partial charge in [0.2, 0.25) is 0 Å². The van der Waals surface area contributed by atoms with Gasteiger partial charge in [-0.15, -0.1) is 0 Å². The fourth-order valence-electron chi connectivity index (χ4n) is 4.27. The number of aromatic nitrogens is 2. The van der Waals surface area contributed by atoms with Crippen LogP contribution in [0.5, 0.6) is 17.2 Å². The van der Waals surface area contributed by atoms with Crippen LogP contribution in [0, 0.1) is 0 Å². The highest BCUT2D eigenvalue weighted by Crippen LogP contribution is 2.43. The molecule has 0 radical (unpaired) electrons. The molecule has 12 heteroatoms. The smallest absolute Gasteiger partial charge is 0.327 e. The SMILES string of the molecule is CCN(C(=O)Nc1c(N)c(OC)cc(OC)c1Cl)c1cc(Nc2ccc(OC3CCN(C)CC3)cc2)ncn1. The number of urea groups is 1. The molecule has 1 fully saturated rings. The van der Waals surface area contributed by atoms with Crippen molar-refractivity contribution in [2.75, 3.05) is 62.2 Å². The number of likely N-dealkylation sites (tertiary alicyclic amines) is 1. The quantitative estimate of drug-likeness (QED) is 0.312. The third-order valence-electron chi connectivity index (χ3n) is 6.49. The van der Waals surface area contributed by atoms with Crippen molar-refractivity contribution >= 4 is 46.3 Å². The monoisotopic (exact) mass is 555 g/mol. The van der Waals surface area contributed by atoms with Crippen LogP contribution < -0.4 is 35.5 Å². The summed E-state index contributed by atoms with van der Waals surface area (Å²) < 4.78 is 16.7. The Morgan fingerprint density at radius 3 is 2.46 bits per heavy atom. The Morgan fingerprint density at radius 1 is 1.13 bits per heavy atom. The van der Waals surface area contributed by atoms with E-state index in [0.29, 0.717) is 29.7 Å². The molecule has 1 aromatic heterocycles. The number of ether oxygens (including phenoxy) is 3. The Kier molecular flexibility index (Phi) is 9.15. The minimum Gasteiger partial charge on any atom is -0.495 e. The number of nitrogens with two attached hydrogens (primary N) is 1. The van der Waals surface area contributed by atoms with Gasteiger partial charge < -0.3 is 35.5 Å². The number of carbonyl (C=O) groups excluding carboxylic acids is 1. The van der Waals surface area contributed by atoms with Crippen LogP contribution in [0.1, 0.15) is 19.8 Å². The molecular weight excluding hydrogens is 522 g/mol. The molecule has 4 N–H and O–H groups in total. The minimum atomic E-state index is -0.485. The maximum atomic E-state index is 13.3. The number of halogens is 1. The molecule has 0 saturated carbocycles. The second kappa shape index (κ2) is 12.7. The summed E-state index contributed by atoms with van der Waals surface area (Å²) in [6, 6.07) is 10.5. The third kappa shape index (κ3) is 6.73. The van der Waals surface area contributed by atoms with Gasteiger partial charge in [0.05, 0.1) is 25.6 Å². The Balaban J connectivity index is 1.45. The number of nitrogens with zero attached hydrogens (tertiary/aromatic N) is 4. The lowest BCUT2D eigenvalue weighted by Crippen LogP contribution is -2.35. The van der Waals surface area contributed by atoms with Crippen molar-refractivity contribution in [3.8, 4) is 17.2 Å². The van der Waals surface area contributed by atoms with Gasteiger partial charge in [0.25, 0.3) is 0 Å². The van der Waals surface area contributed by atoms with Crippen LogP contribution in [0.3, 0.4) is 0 Å². The fraction of sp³-hybridized carbons (Fsp3) is 0.370. The van der Waals surface area contributed by atoms with Gasteiger partial charge in [0, 0.05) is 37.5 Å². The van der Waals surface area contributed by atoms with E-state index in [4.69, 9.17) is 31.5 Å². The van der Waals surface area contributed by atoms with Gasteiger partial charge in [-0.1, -0.05) is 11.6 Å². The Bertz CT molecular complexity index is 1260. The summed E-state index contributed by atoms with van der Waals surface area (Å²) in [6.45, 7) is 4.24. The van der Waals surface area contributed by atoms with Crippen molar-refractivity contribution in [3.05, 3.63) is 47.7 Å². The standard InChI is InChI=1S/C27H34ClN7O4/c1-5-35(27(36)33-26-24(28)20(37-3)14-21(38-4)25(26)29)23-15-22(30-16-31-23)32-17-6-8-18(9-7-17)39-19-10-12-34(2)13-11-19/h6-9,14-16,19H,5,10-13,29H2,1-4H3,(H,33,36)(H,30,31,32). The molecule has 1 aliphatic rings. The van der Waals surface area contributed by atoms with Gasteiger partial charge >= 0.3 is 6.03 Å². The molecule has 0 bridgehead atoms. The molecule has 2 aromatic carbocycles. The summed E-state index contributed by atoms with van der Waals surface area (Å²) in [5, 5.41) is 6.17. The van der Waals surface area contributed by atoms with E-state index in [2.05, 4.69) is 32.5 Å². The van der Waals surface area contributed by atoms with E-state index in [1.54, 1.807) is 12.1 Å². The zero-order valence-electron chi connectivity index (χ0n) is 22.5. The summed E-state index contributed by atoms with van der Waals surface area (Å²) in [6.07, 6.45) is 3.66. The van der Waals surface area contributed by atoms with E-state index in [9.17, 15) is 4.79 Å². The van der Waals surface area contributed by atoms with Crippen molar-refractivity contribution in [1.29, 1.82) is 0 Å². The summed E-state index contributed by atoms with van der Waals surface area (Å²) >= 11 is 6.43. The molecule has 39 heavy (non-hydrogen) atoms. The van der Waals surface area contributed by atoms with Gasteiger partial charge in [-0.05, 0) is 51.1 Å². The molecule has 1 saturated heterocycles. The Morgan fingerprint density at radius 2 is 1.82 bits per heavy atom. The number of benzene rings is 2. The average Bonchev–Trinajstić information content (AvgIpc) is 2.94. The molecule has 3 aromatic rings. The van der Waals surface area contributed by atoms with E-state index in [1.165, 1.54) is 25.4 Å². The van der Waals surface area contributed by atoms with E-state index >= 15 is 0 Å². The van der Waals surface area contributed by atoms with Crippen molar-refractivity contribution in [2.24, 2.45) is 0 Å². The Hall–Kier alpha value is -3.96. The molecule has 0 atom stereocenters. The maximum Gasteiger partial charge on any atom is 0.327 e. The normalized spacial score (nSPS) is 14.0. The van der Waals surface area contributed by atoms with Gasteiger partial charge in [-0.25, -0.2) is 14.8 Å². The van der Waals surface area contributed by atoms with Gasteiger partial charge in [0.15, 0.2) is 0 Å². The summed E-state index contributed by atoms with van der Waals surface area (Å²) in [7, 11) is 5.06. The van der Waals surface area contributed by atoms with Crippen molar-refractivity contribution in [1.82, 2.24) is 14.9 Å². The summed E-state index contributed by atoms with van der Waals surface area (Å²) in [4.78, 5) is 25.6. The average molecular weight is 556 g/mol. The number of rotatable bonds is 9. The minimum absolute atomic E-state index is 0.161. The molecule has 0 aliphatic carbocycles. The third-order valence-corrected chi connectivity index (χ3v) is 6.87. The number of hydrogen-bond donors (Lipinski definition) is 3. The van der Waals surface area contributed by atoms with Crippen molar-refractivity contribution < 1.29 is 19.0 Å². The first kappa shape index (κ1) is 28.1. The van der Waals surface area contributed by atoms with Gasteiger partial charge in [-0.3, -0.25) is 4.90 Å². The predicted octanol–water partition coefficient (Wildman–Crippen LogP) is 5.00. The van der Waals surface area contributed by atoms with Crippen molar-refractivity contribution in [3.63, 3.8) is 0 Å². The fourth-order valence-corrected chi connectivity index (χ4v) is 4.55. The first-order chi connectivity index (χ1) is 18.8. The molecule has 11 nitrogen and oxygen atoms in total. The number of nitrogens with one attached hydrogen (secondary N) is 2. The largest absolute Gasteiger partial charge is 0.495 e. The lowest BCUT2D eigenvalue weighted by Gasteiger charge is -2.29. The van der Waals surface area contributed by atoms with Crippen LogP contribution in [0.15, 0.2) is 42.7 Å². The highest BCUT2D eigenvalue weighted by atomic mass is 35.5. The second-order valence-corrected chi connectivity index (χ2v) is 9.47. The summed E-state index contributed by atoms with van der Waals surface area (Å²) in [5.41, 5.74) is 7.37. The van der Waals surface area contributed by atoms with E-state index in [0.717, 1.165) is 37.4 Å². The molecule has 208 valence electrons. The van der Waals surface area contributed by atoms with E-state index in [-0.39, 0.29) is 22.5 Å². The van der Waals surface area contributed by atoms with Gasteiger partial charge in [-0.2, -0.15) is 0 Å². The first-order valence-corrected chi connectivity index (χ1v) is 13.0. The molecule has 0 spiro atoms. The van der Waals surface area contributed by atoms with Crippen LogP contribution in [-0.2, 0) is 0 Å². The van der Waals surface area contributed by atoms with Crippen molar-refractivity contribution in [2.45, 2.75) is 25.9 Å². The maximum absolute atomic E-state index is 13.3. The molecule has 1 aliphatic heterocycles. The van der Waals surface area contributed by atoms with E-state index < -0.39 is 6.03 Å². The van der Waals surface area contributed by atoms with Crippen LogP contribution in [-0.4, -0.2) is 67.9 Å². The van der Waals surface area contributed by atoms with E-state index in [1.807, 2.05) is 31.2 Å². The number of hydrogen-bond acceptors (Lipinski definition) is 9. The Labute approximate surface area is 233 Å². The predicted molar refractivity (Wildman–Crippen MR) is 154 cm³/mol. The topological polar surface area (TPSA) is 127 Å². The highest BCUT2D eigenvalue weighted by molar-refractivity contribution is 6.36. The van der Waals surface area contributed by atoms with Crippen LogP contribution in [0.2, 0.25) is 5.02 Å². The lowest BCUT2D eigenvalue weighted by atomic mass is 10.1. The first-order valence-electron chi connectivity index (χ1n) is 12.7. The molecule has 2 heterocycles. The van der Waals surface area contributed by atoms with Gasteiger partial charge in [0.1, 0.15) is 46.3 Å². The zero-order valence-corrected chi connectivity index (χ0v) is 23.3. The molecule has 0 unspecified atom stereocenters. The van der Waals surface area contributed by atoms with Crippen LogP contribution >= 0.6 is 11.6 Å². The zero-order chi connectivity index (χ0) is 27.9. The number of amides is 2. The molecular formula is C27H34ClN7O4. The number of nitrogen functional groups attached to an aromatic ring is 1. The van der Waals surface area contributed by atoms with Crippen LogP contribution in [0.25, 0.3) is 0 Å². The number of anilines is 5.